The molecule has 1 heterocycles. The lowest BCUT2D eigenvalue weighted by molar-refractivity contribution is 0.425. The largest absolute Gasteiger partial charge is 0.435 e. The van der Waals surface area contributed by atoms with Crippen LogP contribution in [0.15, 0.2) is 36.4 Å². The zero-order valence-electron chi connectivity index (χ0n) is 9.14. The minimum Gasteiger partial charge on any atom is -0.435 e. The van der Waals surface area contributed by atoms with Crippen LogP contribution in [0, 0.1) is 24.1 Å². The van der Waals surface area contributed by atoms with Crippen molar-refractivity contribution in [2.24, 2.45) is 0 Å². The van der Waals surface area contributed by atoms with Gasteiger partial charge >= 0.3 is 0 Å². The van der Waals surface area contributed by atoms with Crippen LogP contribution in [0.2, 0.25) is 0 Å². The average molecular weight is 228 g/mol. The molecule has 0 aliphatic rings. The molecule has 4 heteroatoms. The van der Waals surface area contributed by atoms with Crippen LogP contribution in [-0.4, -0.2) is 4.98 Å². The fraction of sp³-hybridized carbons (Fsp3) is 0.0769. The summed E-state index contributed by atoms with van der Waals surface area (Å²) in [4.78, 5) is 4.07. The molecule has 0 saturated heterocycles. The van der Waals surface area contributed by atoms with Crippen molar-refractivity contribution in [1.82, 2.24) is 4.98 Å². The Kier molecular flexibility index (Phi) is 3.01. The van der Waals surface area contributed by atoms with Crippen LogP contribution >= 0.6 is 0 Å². The van der Waals surface area contributed by atoms with Crippen molar-refractivity contribution in [2.45, 2.75) is 6.92 Å². The van der Waals surface area contributed by atoms with Gasteiger partial charge < -0.3 is 4.74 Å². The van der Waals surface area contributed by atoms with Crippen molar-refractivity contribution in [3.8, 4) is 17.7 Å². The van der Waals surface area contributed by atoms with Gasteiger partial charge in [0.25, 0.3) is 0 Å². The molecule has 0 atom stereocenters. The number of nitriles is 1. The van der Waals surface area contributed by atoms with Crippen molar-refractivity contribution >= 4 is 0 Å². The first-order chi connectivity index (χ1) is 8.20. The van der Waals surface area contributed by atoms with Crippen LogP contribution in [0.4, 0.5) is 4.39 Å². The molecule has 0 amide bonds. The van der Waals surface area contributed by atoms with E-state index in [1.165, 1.54) is 12.1 Å². The number of rotatable bonds is 2. The van der Waals surface area contributed by atoms with E-state index in [1.54, 1.807) is 31.2 Å². The van der Waals surface area contributed by atoms with Crippen molar-refractivity contribution in [2.75, 3.05) is 0 Å². The molecule has 0 spiro atoms. The van der Waals surface area contributed by atoms with E-state index in [4.69, 9.17) is 10.00 Å². The third-order valence-corrected chi connectivity index (χ3v) is 2.16. The molecular formula is C13H9FN2O. The number of nitrogens with zero attached hydrogens (tertiary/aromatic N) is 2. The van der Waals surface area contributed by atoms with Crippen molar-refractivity contribution < 1.29 is 9.13 Å². The van der Waals surface area contributed by atoms with Gasteiger partial charge in [0.2, 0.25) is 5.88 Å². The Balaban J connectivity index is 2.40. The van der Waals surface area contributed by atoms with Gasteiger partial charge in [0.05, 0.1) is 0 Å². The van der Waals surface area contributed by atoms with Gasteiger partial charge in [-0.2, -0.15) is 5.26 Å². The van der Waals surface area contributed by atoms with Crippen molar-refractivity contribution in [3.63, 3.8) is 0 Å². The summed E-state index contributed by atoms with van der Waals surface area (Å²) in [6.07, 6.45) is 0. The highest BCUT2D eigenvalue weighted by Gasteiger charge is 2.09. The zero-order chi connectivity index (χ0) is 12.3. The molecule has 84 valence electrons. The summed E-state index contributed by atoms with van der Waals surface area (Å²) in [6.45, 7) is 1.77. The van der Waals surface area contributed by atoms with E-state index in [0.717, 1.165) is 0 Å². The normalized spacial score (nSPS) is 9.71. The number of ether oxygens (including phenoxy) is 1. The molecule has 2 aromatic rings. The SMILES string of the molecule is Cc1ccc(C#N)c(Oc2ccccc2F)n1. The van der Waals surface area contributed by atoms with E-state index >= 15 is 0 Å². The topological polar surface area (TPSA) is 45.9 Å². The molecule has 1 aromatic heterocycles. The highest BCUT2D eigenvalue weighted by atomic mass is 19.1. The summed E-state index contributed by atoms with van der Waals surface area (Å²) < 4.78 is 18.7. The minimum atomic E-state index is -0.486. The average Bonchev–Trinajstić information content (AvgIpc) is 2.32. The van der Waals surface area contributed by atoms with E-state index < -0.39 is 5.82 Å². The Morgan fingerprint density at radius 1 is 1.24 bits per heavy atom. The molecule has 0 bridgehead atoms. The molecule has 0 radical (unpaired) electrons. The highest BCUT2D eigenvalue weighted by molar-refractivity contribution is 5.41. The number of pyridine rings is 1. The summed E-state index contributed by atoms with van der Waals surface area (Å²) in [5, 5.41) is 8.89. The van der Waals surface area contributed by atoms with E-state index in [9.17, 15) is 4.39 Å². The van der Waals surface area contributed by atoms with E-state index in [1.807, 2.05) is 6.07 Å². The molecule has 0 fully saturated rings. The molecule has 3 nitrogen and oxygen atoms in total. The second-order valence-corrected chi connectivity index (χ2v) is 3.45. The third kappa shape index (κ3) is 2.40. The van der Waals surface area contributed by atoms with Gasteiger partial charge in [-0.3, -0.25) is 0 Å². The lowest BCUT2D eigenvalue weighted by Crippen LogP contribution is -1.95. The first-order valence-electron chi connectivity index (χ1n) is 5.01. The van der Waals surface area contributed by atoms with E-state index in [0.29, 0.717) is 5.69 Å². The fourth-order valence-corrected chi connectivity index (χ4v) is 1.33. The summed E-state index contributed by atoms with van der Waals surface area (Å²) >= 11 is 0. The molecule has 1 aromatic carbocycles. The summed E-state index contributed by atoms with van der Waals surface area (Å²) in [7, 11) is 0. The molecule has 0 N–H and O–H groups in total. The van der Waals surface area contributed by atoms with Gasteiger partial charge in [0.1, 0.15) is 11.6 Å². The molecule has 0 aliphatic heterocycles. The molecular weight excluding hydrogens is 219 g/mol. The first-order valence-corrected chi connectivity index (χ1v) is 5.01. The highest BCUT2D eigenvalue weighted by Crippen LogP contribution is 2.25. The van der Waals surface area contributed by atoms with Gasteiger partial charge in [0, 0.05) is 5.69 Å². The fourth-order valence-electron chi connectivity index (χ4n) is 1.33. The maximum atomic E-state index is 13.4. The molecule has 0 unspecified atom stereocenters. The molecule has 17 heavy (non-hydrogen) atoms. The Hall–Kier alpha value is -2.41. The predicted octanol–water partition coefficient (Wildman–Crippen LogP) is 3.19. The standard InChI is InChI=1S/C13H9FN2O/c1-9-6-7-10(8-15)13(16-9)17-12-5-3-2-4-11(12)14/h2-7H,1H3. The van der Waals surface area contributed by atoms with Crippen molar-refractivity contribution in [3.05, 3.63) is 53.5 Å². The number of halogens is 1. The molecule has 0 aliphatic carbocycles. The Morgan fingerprint density at radius 3 is 2.71 bits per heavy atom. The smallest absolute Gasteiger partial charge is 0.237 e. The monoisotopic (exact) mass is 228 g/mol. The van der Waals surface area contributed by atoms with Crippen LogP contribution < -0.4 is 4.74 Å². The zero-order valence-corrected chi connectivity index (χ0v) is 9.14. The number of aryl methyl sites for hydroxylation is 1. The van der Waals surface area contributed by atoms with Gasteiger partial charge in [-0.25, -0.2) is 9.37 Å². The second kappa shape index (κ2) is 4.62. The summed E-state index contributed by atoms with van der Waals surface area (Å²) in [6, 6.07) is 11.2. The van der Waals surface area contributed by atoms with Crippen LogP contribution in [0.5, 0.6) is 11.6 Å². The lowest BCUT2D eigenvalue weighted by atomic mass is 10.2. The minimum absolute atomic E-state index is 0.0575. The Labute approximate surface area is 98.1 Å². The number of hydrogen-bond donors (Lipinski definition) is 0. The van der Waals surface area contributed by atoms with Crippen LogP contribution in [0.1, 0.15) is 11.3 Å². The van der Waals surface area contributed by atoms with E-state index in [-0.39, 0.29) is 17.2 Å². The Bertz CT molecular complexity index is 590. The van der Waals surface area contributed by atoms with Gasteiger partial charge in [0.15, 0.2) is 11.6 Å². The van der Waals surface area contributed by atoms with Crippen molar-refractivity contribution in [1.29, 1.82) is 5.26 Å². The summed E-state index contributed by atoms with van der Waals surface area (Å²) in [5.41, 5.74) is 0.981. The molecule has 0 saturated carbocycles. The number of para-hydroxylation sites is 1. The van der Waals surface area contributed by atoms with Crippen LogP contribution in [-0.2, 0) is 0 Å². The maximum Gasteiger partial charge on any atom is 0.237 e. The van der Waals surface area contributed by atoms with Crippen LogP contribution in [0.3, 0.4) is 0 Å². The van der Waals surface area contributed by atoms with Crippen LogP contribution in [0.25, 0.3) is 0 Å². The van der Waals surface area contributed by atoms with E-state index in [2.05, 4.69) is 4.98 Å². The quantitative estimate of drug-likeness (QED) is 0.792. The summed E-state index contributed by atoms with van der Waals surface area (Å²) in [5.74, 6) is -0.306. The third-order valence-electron chi connectivity index (χ3n) is 2.16. The number of aromatic nitrogens is 1. The van der Waals surface area contributed by atoms with Gasteiger partial charge in [-0.05, 0) is 31.2 Å². The first kappa shape index (κ1) is 11.1. The van der Waals surface area contributed by atoms with Gasteiger partial charge in [-0.1, -0.05) is 12.1 Å². The second-order valence-electron chi connectivity index (χ2n) is 3.45. The number of benzene rings is 1. The predicted molar refractivity (Wildman–Crippen MR) is 60.2 cm³/mol. The number of hydrogen-bond acceptors (Lipinski definition) is 3. The maximum absolute atomic E-state index is 13.4. The lowest BCUT2D eigenvalue weighted by Gasteiger charge is -2.07. The Morgan fingerprint density at radius 2 is 2.00 bits per heavy atom. The van der Waals surface area contributed by atoms with Gasteiger partial charge in [-0.15, -0.1) is 0 Å². The molecule has 2 rings (SSSR count).